The van der Waals surface area contributed by atoms with E-state index in [2.05, 4.69) is 24.5 Å². The second-order valence-electron chi connectivity index (χ2n) is 5.93. The fraction of sp³-hybridized carbons (Fsp3) is 0.562. The average Bonchev–Trinajstić information content (AvgIpc) is 2.71. The van der Waals surface area contributed by atoms with Crippen LogP contribution in [-0.4, -0.2) is 31.3 Å². The van der Waals surface area contributed by atoms with Crippen molar-refractivity contribution in [1.29, 1.82) is 0 Å². The van der Waals surface area contributed by atoms with Crippen LogP contribution < -0.4 is 15.4 Å². The van der Waals surface area contributed by atoms with E-state index in [1.165, 1.54) is 0 Å². The van der Waals surface area contributed by atoms with Gasteiger partial charge in [0.1, 0.15) is 17.9 Å². The van der Waals surface area contributed by atoms with Gasteiger partial charge in [-0.1, -0.05) is 6.07 Å². The number of rotatable bonds is 3. The summed E-state index contributed by atoms with van der Waals surface area (Å²) in [6.45, 7) is 4.15. The topological polar surface area (TPSA) is 59.6 Å². The molecule has 3 atom stereocenters. The number of carbonyl (C=O) groups excluding carboxylic acids is 1. The van der Waals surface area contributed by atoms with Gasteiger partial charge in [-0.25, -0.2) is 0 Å². The Morgan fingerprint density at radius 2 is 2.00 bits per heavy atom. The molecule has 1 amide bonds. The third kappa shape index (κ3) is 2.89. The maximum Gasteiger partial charge on any atom is 0.246 e. The van der Waals surface area contributed by atoms with Crippen LogP contribution >= 0.6 is 0 Å². The minimum Gasteiger partial charge on any atom is -0.490 e. The van der Waals surface area contributed by atoms with Crippen LogP contribution in [0.1, 0.15) is 38.3 Å². The molecule has 2 aliphatic heterocycles. The van der Waals surface area contributed by atoms with E-state index >= 15 is 0 Å². The van der Waals surface area contributed by atoms with Crippen molar-refractivity contribution >= 4 is 11.6 Å². The Balaban J connectivity index is 1.73. The predicted molar refractivity (Wildman–Crippen MR) is 80.5 cm³/mol. The molecule has 5 nitrogen and oxygen atoms in total. The van der Waals surface area contributed by atoms with Crippen LogP contribution in [0.15, 0.2) is 18.2 Å². The summed E-state index contributed by atoms with van der Waals surface area (Å²) >= 11 is 0. The molecule has 2 heterocycles. The SMILES string of the molecule is CNC1C(=O)Nc2cc(OC3CC(C)OC(C)C3)ccc21. The highest BCUT2D eigenvalue weighted by atomic mass is 16.5. The fourth-order valence-electron chi connectivity index (χ4n) is 3.23. The van der Waals surface area contributed by atoms with Crippen molar-refractivity contribution in [2.24, 2.45) is 0 Å². The first-order chi connectivity index (χ1) is 10.1. The molecular formula is C16H22N2O3. The molecule has 1 fully saturated rings. The van der Waals surface area contributed by atoms with E-state index < -0.39 is 0 Å². The summed E-state index contributed by atoms with van der Waals surface area (Å²) < 4.78 is 11.8. The molecule has 114 valence electrons. The molecule has 0 aliphatic carbocycles. The summed E-state index contributed by atoms with van der Waals surface area (Å²) in [5.41, 5.74) is 1.81. The van der Waals surface area contributed by atoms with Crippen molar-refractivity contribution in [2.75, 3.05) is 12.4 Å². The first-order valence-corrected chi connectivity index (χ1v) is 7.51. The minimum atomic E-state index is -0.267. The number of hydrogen-bond donors (Lipinski definition) is 2. The highest BCUT2D eigenvalue weighted by molar-refractivity contribution is 6.02. The first kappa shape index (κ1) is 14.4. The number of carbonyl (C=O) groups is 1. The number of anilines is 1. The third-order valence-corrected chi connectivity index (χ3v) is 4.10. The molecule has 1 saturated heterocycles. The molecule has 1 aromatic carbocycles. The summed E-state index contributed by atoms with van der Waals surface area (Å²) in [7, 11) is 1.79. The average molecular weight is 290 g/mol. The van der Waals surface area contributed by atoms with Crippen LogP contribution in [0.3, 0.4) is 0 Å². The summed E-state index contributed by atoms with van der Waals surface area (Å²) in [4.78, 5) is 11.8. The largest absolute Gasteiger partial charge is 0.490 e. The van der Waals surface area contributed by atoms with Crippen molar-refractivity contribution in [3.05, 3.63) is 23.8 Å². The van der Waals surface area contributed by atoms with Gasteiger partial charge in [-0.05, 0) is 27.0 Å². The van der Waals surface area contributed by atoms with Crippen molar-refractivity contribution in [3.8, 4) is 5.75 Å². The van der Waals surface area contributed by atoms with Gasteiger partial charge in [0.2, 0.25) is 5.91 Å². The number of amides is 1. The lowest BCUT2D eigenvalue weighted by Crippen LogP contribution is -2.35. The molecule has 0 saturated carbocycles. The van der Waals surface area contributed by atoms with Gasteiger partial charge >= 0.3 is 0 Å². The molecule has 21 heavy (non-hydrogen) atoms. The van der Waals surface area contributed by atoms with Gasteiger partial charge in [0.25, 0.3) is 0 Å². The van der Waals surface area contributed by atoms with Crippen molar-refractivity contribution < 1.29 is 14.3 Å². The van der Waals surface area contributed by atoms with Crippen molar-refractivity contribution in [2.45, 2.75) is 51.0 Å². The van der Waals surface area contributed by atoms with Crippen LogP contribution in [-0.2, 0) is 9.53 Å². The van der Waals surface area contributed by atoms with E-state index in [1.54, 1.807) is 7.05 Å². The second-order valence-corrected chi connectivity index (χ2v) is 5.93. The Morgan fingerprint density at radius 3 is 2.67 bits per heavy atom. The second kappa shape index (κ2) is 5.66. The molecule has 1 aromatic rings. The number of hydrogen-bond acceptors (Lipinski definition) is 4. The van der Waals surface area contributed by atoms with Gasteiger partial charge in [0, 0.05) is 30.2 Å². The monoisotopic (exact) mass is 290 g/mol. The van der Waals surface area contributed by atoms with Gasteiger partial charge in [-0.2, -0.15) is 0 Å². The highest BCUT2D eigenvalue weighted by Crippen LogP contribution is 2.34. The molecule has 2 N–H and O–H groups in total. The molecule has 0 aromatic heterocycles. The standard InChI is InChI=1S/C16H22N2O3/c1-9-6-12(7-10(2)20-9)21-11-4-5-13-14(8-11)18-16(19)15(13)17-3/h4-5,8-10,12,15,17H,6-7H2,1-3H3,(H,18,19). The van der Waals surface area contributed by atoms with E-state index in [0.29, 0.717) is 0 Å². The summed E-state index contributed by atoms with van der Waals surface area (Å²) in [5, 5.41) is 5.90. The Hall–Kier alpha value is -1.59. The van der Waals surface area contributed by atoms with E-state index in [4.69, 9.17) is 9.47 Å². The predicted octanol–water partition coefficient (Wildman–Crippen LogP) is 2.23. The zero-order chi connectivity index (χ0) is 15.0. The van der Waals surface area contributed by atoms with E-state index in [9.17, 15) is 4.79 Å². The van der Waals surface area contributed by atoms with Crippen LogP contribution in [0.25, 0.3) is 0 Å². The first-order valence-electron chi connectivity index (χ1n) is 7.51. The molecule has 2 aliphatic rings. The maximum absolute atomic E-state index is 11.8. The lowest BCUT2D eigenvalue weighted by atomic mass is 10.0. The fourth-order valence-corrected chi connectivity index (χ4v) is 3.23. The van der Waals surface area contributed by atoms with E-state index in [-0.39, 0.29) is 30.3 Å². The highest BCUT2D eigenvalue weighted by Gasteiger charge is 2.30. The smallest absolute Gasteiger partial charge is 0.246 e. The van der Waals surface area contributed by atoms with Gasteiger partial charge in [-0.15, -0.1) is 0 Å². The Morgan fingerprint density at radius 1 is 1.29 bits per heavy atom. The van der Waals surface area contributed by atoms with Gasteiger partial charge in [0.15, 0.2) is 0 Å². The molecule has 0 radical (unpaired) electrons. The summed E-state index contributed by atoms with van der Waals surface area (Å²) in [6, 6.07) is 5.54. The van der Waals surface area contributed by atoms with E-state index in [1.807, 2.05) is 18.2 Å². The van der Waals surface area contributed by atoms with Gasteiger partial charge < -0.3 is 20.1 Å². The number of nitrogens with one attached hydrogen (secondary N) is 2. The normalized spacial score (nSPS) is 31.7. The minimum absolute atomic E-state index is 0.0158. The van der Waals surface area contributed by atoms with Gasteiger partial charge in [-0.3, -0.25) is 4.79 Å². The summed E-state index contributed by atoms with van der Waals surface area (Å²) in [6.07, 6.45) is 2.40. The lowest BCUT2D eigenvalue weighted by Gasteiger charge is -2.32. The zero-order valence-corrected chi connectivity index (χ0v) is 12.7. The van der Waals surface area contributed by atoms with Crippen LogP contribution in [0, 0.1) is 0 Å². The lowest BCUT2D eigenvalue weighted by molar-refractivity contribution is -0.117. The van der Waals surface area contributed by atoms with Crippen molar-refractivity contribution in [1.82, 2.24) is 5.32 Å². The zero-order valence-electron chi connectivity index (χ0n) is 12.7. The maximum atomic E-state index is 11.8. The molecule has 3 rings (SSSR count). The molecule has 5 heteroatoms. The van der Waals surface area contributed by atoms with E-state index in [0.717, 1.165) is 29.8 Å². The number of likely N-dealkylation sites (N-methyl/N-ethyl adjacent to an activating group) is 1. The number of benzene rings is 1. The summed E-state index contributed by atoms with van der Waals surface area (Å²) in [5.74, 6) is 0.787. The molecule has 3 unspecified atom stereocenters. The van der Waals surface area contributed by atoms with Gasteiger partial charge in [0.05, 0.1) is 12.2 Å². The quantitative estimate of drug-likeness (QED) is 0.896. The van der Waals surface area contributed by atoms with Crippen LogP contribution in [0.5, 0.6) is 5.75 Å². The number of fused-ring (bicyclic) bond motifs is 1. The molecular weight excluding hydrogens is 268 g/mol. The Bertz CT molecular complexity index is 536. The number of ether oxygens (including phenoxy) is 2. The van der Waals surface area contributed by atoms with Crippen molar-refractivity contribution in [3.63, 3.8) is 0 Å². The molecule has 0 spiro atoms. The molecule has 0 bridgehead atoms. The van der Waals surface area contributed by atoms with Crippen LogP contribution in [0.2, 0.25) is 0 Å². The van der Waals surface area contributed by atoms with Crippen LogP contribution in [0.4, 0.5) is 5.69 Å². The Labute approximate surface area is 125 Å². The Kier molecular flexibility index (Phi) is 3.87. The third-order valence-electron chi connectivity index (χ3n) is 4.10.